The molecule has 0 spiro atoms. The van der Waals surface area contributed by atoms with Crippen LogP contribution in [0.1, 0.15) is 115 Å². The van der Waals surface area contributed by atoms with E-state index in [9.17, 15) is 0 Å². The van der Waals surface area contributed by atoms with E-state index in [0.717, 1.165) is 48.9 Å². The molecule has 4 nitrogen and oxygen atoms in total. The van der Waals surface area contributed by atoms with Gasteiger partial charge in [-0.15, -0.1) is 0 Å². The molecular weight excluding hydrogens is 492 g/mol. The first-order valence-electron chi connectivity index (χ1n) is 16.3. The second-order valence-electron chi connectivity index (χ2n) is 12.4. The van der Waals surface area contributed by atoms with Gasteiger partial charge in [-0.2, -0.15) is 0 Å². The molecule has 0 amide bonds. The lowest BCUT2D eigenvalue weighted by Gasteiger charge is -2.29. The standard InChI is InChI=1S/C36H54N2O2/c1-2-3-4-5-6-23-39-35-21-19-32(20-22-35)31-17-15-30(16-18-31)14-13-29-11-9-28(10-12-29)8-7-24-40-36-26-33(37)25-34(38)27-36/h13-14,19-22,25-31H,2-12,15-18,23-24,37-38H2,1H3. The molecule has 0 heterocycles. The van der Waals surface area contributed by atoms with E-state index in [1.54, 1.807) is 6.07 Å². The Morgan fingerprint density at radius 3 is 1.88 bits per heavy atom. The number of anilines is 2. The maximum absolute atomic E-state index is 5.97. The molecule has 2 saturated carbocycles. The third kappa shape index (κ3) is 10.4. The van der Waals surface area contributed by atoms with Crippen LogP contribution >= 0.6 is 0 Å². The summed E-state index contributed by atoms with van der Waals surface area (Å²) in [4.78, 5) is 0. The van der Waals surface area contributed by atoms with Crippen LogP contribution in [-0.2, 0) is 0 Å². The average Bonchev–Trinajstić information content (AvgIpc) is 2.97. The Hall–Kier alpha value is -2.62. The van der Waals surface area contributed by atoms with E-state index in [-0.39, 0.29) is 0 Å². The topological polar surface area (TPSA) is 70.5 Å². The summed E-state index contributed by atoms with van der Waals surface area (Å²) in [7, 11) is 0. The largest absolute Gasteiger partial charge is 0.494 e. The molecule has 4 heteroatoms. The van der Waals surface area contributed by atoms with Crippen LogP contribution in [0.4, 0.5) is 11.4 Å². The van der Waals surface area contributed by atoms with Gasteiger partial charge in [-0.3, -0.25) is 0 Å². The summed E-state index contributed by atoms with van der Waals surface area (Å²) in [6.45, 7) is 3.84. The normalized spacial score (nSPS) is 23.3. The fourth-order valence-corrected chi connectivity index (χ4v) is 6.65. The van der Waals surface area contributed by atoms with Gasteiger partial charge in [-0.05, 0) is 118 Å². The predicted octanol–water partition coefficient (Wildman–Crippen LogP) is 9.70. The van der Waals surface area contributed by atoms with Crippen molar-refractivity contribution in [2.45, 2.75) is 109 Å². The molecule has 2 aromatic rings. The molecule has 4 rings (SSSR count). The minimum Gasteiger partial charge on any atom is -0.494 e. The molecule has 0 atom stereocenters. The summed E-state index contributed by atoms with van der Waals surface area (Å²) >= 11 is 0. The number of hydrogen-bond donors (Lipinski definition) is 2. The summed E-state index contributed by atoms with van der Waals surface area (Å²) < 4.78 is 11.8. The molecule has 0 unspecified atom stereocenters. The lowest BCUT2D eigenvalue weighted by atomic mass is 9.77. The number of rotatable bonds is 15. The summed E-state index contributed by atoms with van der Waals surface area (Å²) in [5.41, 5.74) is 14.5. The summed E-state index contributed by atoms with van der Waals surface area (Å²) in [6, 6.07) is 14.5. The lowest BCUT2D eigenvalue weighted by Crippen LogP contribution is -2.15. The van der Waals surface area contributed by atoms with Gasteiger partial charge >= 0.3 is 0 Å². The quantitative estimate of drug-likeness (QED) is 0.132. The Bertz CT molecular complexity index is 982. The van der Waals surface area contributed by atoms with Gasteiger partial charge in [0.15, 0.2) is 0 Å². The smallest absolute Gasteiger partial charge is 0.123 e. The summed E-state index contributed by atoms with van der Waals surface area (Å²) in [5, 5.41) is 0. The minimum absolute atomic E-state index is 0.661. The molecule has 40 heavy (non-hydrogen) atoms. The number of allylic oxidation sites excluding steroid dienone is 2. The Kier molecular flexibility index (Phi) is 12.6. The maximum Gasteiger partial charge on any atom is 0.123 e. The van der Waals surface area contributed by atoms with Crippen molar-refractivity contribution in [2.75, 3.05) is 24.7 Å². The van der Waals surface area contributed by atoms with Gasteiger partial charge in [0.1, 0.15) is 11.5 Å². The number of nitrogens with two attached hydrogens (primary N) is 2. The maximum atomic E-state index is 5.97. The highest BCUT2D eigenvalue weighted by molar-refractivity contribution is 5.56. The Morgan fingerprint density at radius 2 is 1.23 bits per heavy atom. The van der Waals surface area contributed by atoms with Crippen LogP contribution in [0.15, 0.2) is 54.6 Å². The fourth-order valence-electron chi connectivity index (χ4n) is 6.65. The average molecular weight is 547 g/mol. The molecule has 0 aromatic heterocycles. The molecule has 2 fully saturated rings. The SMILES string of the molecule is CCCCCCCOc1ccc(C2CCC(C=CC3CCC(CCCOc4cc(N)cc(N)c4)CC3)CC2)cc1. The Balaban J connectivity index is 1.07. The monoisotopic (exact) mass is 546 g/mol. The summed E-state index contributed by atoms with van der Waals surface area (Å²) in [6.07, 6.45) is 24.6. The zero-order valence-corrected chi connectivity index (χ0v) is 25.0. The van der Waals surface area contributed by atoms with Crippen molar-refractivity contribution >= 4 is 11.4 Å². The van der Waals surface area contributed by atoms with Crippen molar-refractivity contribution in [2.24, 2.45) is 17.8 Å². The minimum atomic E-state index is 0.661. The third-order valence-corrected chi connectivity index (χ3v) is 9.16. The van der Waals surface area contributed by atoms with Crippen LogP contribution in [0.5, 0.6) is 11.5 Å². The van der Waals surface area contributed by atoms with Gasteiger partial charge < -0.3 is 20.9 Å². The second kappa shape index (κ2) is 16.6. The van der Waals surface area contributed by atoms with Crippen LogP contribution < -0.4 is 20.9 Å². The first-order valence-corrected chi connectivity index (χ1v) is 16.3. The molecule has 0 bridgehead atoms. The fraction of sp³-hybridized carbons (Fsp3) is 0.611. The Labute approximate surface area is 243 Å². The Morgan fingerprint density at radius 1 is 0.650 bits per heavy atom. The lowest BCUT2D eigenvalue weighted by molar-refractivity contribution is 0.253. The summed E-state index contributed by atoms with van der Waals surface area (Å²) in [5.74, 6) is 4.91. The van der Waals surface area contributed by atoms with Crippen molar-refractivity contribution in [3.63, 3.8) is 0 Å². The van der Waals surface area contributed by atoms with Gasteiger partial charge in [-0.1, -0.05) is 56.9 Å². The van der Waals surface area contributed by atoms with Gasteiger partial charge in [0.05, 0.1) is 13.2 Å². The highest BCUT2D eigenvalue weighted by atomic mass is 16.5. The molecule has 2 aliphatic carbocycles. The van der Waals surface area contributed by atoms with Crippen LogP contribution in [0.25, 0.3) is 0 Å². The van der Waals surface area contributed by atoms with Crippen molar-refractivity contribution in [1.29, 1.82) is 0 Å². The van der Waals surface area contributed by atoms with Gasteiger partial charge in [0, 0.05) is 23.5 Å². The van der Waals surface area contributed by atoms with E-state index in [4.69, 9.17) is 20.9 Å². The van der Waals surface area contributed by atoms with E-state index < -0.39 is 0 Å². The van der Waals surface area contributed by atoms with E-state index in [0.29, 0.717) is 17.3 Å². The molecule has 2 aliphatic rings. The first kappa shape index (κ1) is 30.3. The highest BCUT2D eigenvalue weighted by Gasteiger charge is 2.23. The second-order valence-corrected chi connectivity index (χ2v) is 12.4. The van der Waals surface area contributed by atoms with Gasteiger partial charge in [-0.25, -0.2) is 0 Å². The zero-order valence-electron chi connectivity index (χ0n) is 25.0. The zero-order chi connectivity index (χ0) is 28.0. The highest BCUT2D eigenvalue weighted by Crippen LogP contribution is 2.38. The first-order chi connectivity index (χ1) is 19.6. The third-order valence-electron chi connectivity index (χ3n) is 9.16. The van der Waals surface area contributed by atoms with Gasteiger partial charge in [0.25, 0.3) is 0 Å². The van der Waals surface area contributed by atoms with Crippen LogP contribution in [0.3, 0.4) is 0 Å². The number of ether oxygens (including phenoxy) is 2. The number of unbranched alkanes of at least 4 members (excludes halogenated alkanes) is 4. The molecule has 0 aliphatic heterocycles. The van der Waals surface area contributed by atoms with Crippen LogP contribution in [0.2, 0.25) is 0 Å². The predicted molar refractivity (Wildman–Crippen MR) is 170 cm³/mol. The van der Waals surface area contributed by atoms with Crippen molar-refractivity contribution in [3.05, 3.63) is 60.2 Å². The molecule has 2 aromatic carbocycles. The number of benzene rings is 2. The molecule has 0 saturated heterocycles. The van der Waals surface area contributed by atoms with Gasteiger partial charge in [0.2, 0.25) is 0 Å². The molecule has 4 N–H and O–H groups in total. The van der Waals surface area contributed by atoms with Crippen molar-refractivity contribution < 1.29 is 9.47 Å². The molecule has 0 radical (unpaired) electrons. The molecule has 220 valence electrons. The van der Waals surface area contributed by atoms with Crippen LogP contribution in [0, 0.1) is 17.8 Å². The van der Waals surface area contributed by atoms with E-state index in [1.807, 2.05) is 12.1 Å². The van der Waals surface area contributed by atoms with E-state index in [2.05, 4.69) is 43.3 Å². The van der Waals surface area contributed by atoms with Crippen molar-refractivity contribution in [3.8, 4) is 11.5 Å². The van der Waals surface area contributed by atoms with Crippen LogP contribution in [-0.4, -0.2) is 13.2 Å². The van der Waals surface area contributed by atoms with E-state index >= 15 is 0 Å². The molecular formula is C36H54N2O2. The van der Waals surface area contributed by atoms with Crippen molar-refractivity contribution in [1.82, 2.24) is 0 Å². The number of nitrogen functional groups attached to an aromatic ring is 2. The number of hydrogen-bond acceptors (Lipinski definition) is 4. The van der Waals surface area contributed by atoms with E-state index in [1.165, 1.54) is 95.5 Å².